The molecule has 1 saturated heterocycles. The van der Waals surface area contributed by atoms with Gasteiger partial charge in [-0.25, -0.2) is 0 Å². The fourth-order valence-electron chi connectivity index (χ4n) is 3.05. The summed E-state index contributed by atoms with van der Waals surface area (Å²) in [6, 6.07) is 1.45. The highest BCUT2D eigenvalue weighted by Crippen LogP contribution is 2.18. The molecule has 2 heteroatoms. The van der Waals surface area contributed by atoms with Gasteiger partial charge in [0.05, 0.1) is 0 Å². The highest BCUT2D eigenvalue weighted by Gasteiger charge is 2.22. The predicted octanol–water partition coefficient (Wildman–Crippen LogP) is 3.52. The predicted molar refractivity (Wildman–Crippen MR) is 81.0 cm³/mol. The quantitative estimate of drug-likeness (QED) is 0.780. The second-order valence-electron chi connectivity index (χ2n) is 6.73. The van der Waals surface area contributed by atoms with E-state index in [2.05, 4.69) is 44.8 Å². The van der Waals surface area contributed by atoms with Gasteiger partial charge in [-0.1, -0.05) is 34.1 Å². The van der Waals surface area contributed by atoms with Crippen molar-refractivity contribution in [3.8, 4) is 0 Å². The fourth-order valence-corrected chi connectivity index (χ4v) is 3.05. The summed E-state index contributed by atoms with van der Waals surface area (Å²) < 4.78 is 0. The first-order valence-electron chi connectivity index (χ1n) is 8.00. The lowest BCUT2D eigenvalue weighted by Crippen LogP contribution is -2.42. The van der Waals surface area contributed by atoms with Gasteiger partial charge in [-0.3, -0.25) is 4.90 Å². The molecule has 0 radical (unpaired) electrons. The zero-order chi connectivity index (χ0) is 13.5. The monoisotopic (exact) mass is 254 g/mol. The van der Waals surface area contributed by atoms with Crippen LogP contribution >= 0.6 is 0 Å². The van der Waals surface area contributed by atoms with Crippen molar-refractivity contribution in [2.24, 2.45) is 11.8 Å². The molecule has 3 unspecified atom stereocenters. The average Bonchev–Trinajstić information content (AvgIpc) is 2.53. The van der Waals surface area contributed by atoms with E-state index in [4.69, 9.17) is 0 Å². The van der Waals surface area contributed by atoms with Crippen LogP contribution in [0, 0.1) is 11.8 Å². The van der Waals surface area contributed by atoms with Gasteiger partial charge in [0.15, 0.2) is 0 Å². The number of nitrogens with one attached hydrogen (secondary N) is 1. The summed E-state index contributed by atoms with van der Waals surface area (Å²) in [4.78, 5) is 2.72. The summed E-state index contributed by atoms with van der Waals surface area (Å²) in [6.45, 7) is 15.5. The molecule has 1 aliphatic heterocycles. The Kier molecular flexibility index (Phi) is 7.25. The smallest absolute Gasteiger partial charge is 0.0197 e. The van der Waals surface area contributed by atoms with Crippen molar-refractivity contribution in [2.75, 3.05) is 19.6 Å². The molecule has 0 saturated carbocycles. The normalized spacial score (nSPS) is 26.0. The first-order valence-corrected chi connectivity index (χ1v) is 8.00. The molecule has 1 rings (SSSR count). The summed E-state index contributed by atoms with van der Waals surface area (Å²) >= 11 is 0. The Balaban J connectivity index is 2.47. The molecule has 0 spiro atoms. The van der Waals surface area contributed by atoms with Gasteiger partial charge in [-0.15, -0.1) is 0 Å². The molecule has 18 heavy (non-hydrogen) atoms. The molecular formula is C16H34N2. The highest BCUT2D eigenvalue weighted by molar-refractivity contribution is 4.81. The van der Waals surface area contributed by atoms with E-state index >= 15 is 0 Å². The van der Waals surface area contributed by atoms with Gasteiger partial charge in [-0.2, -0.15) is 0 Å². The Morgan fingerprint density at radius 1 is 1.22 bits per heavy atom. The van der Waals surface area contributed by atoms with Gasteiger partial charge >= 0.3 is 0 Å². The standard InChI is InChI=1S/C16H34N2/c1-6-14(4)11-15(5)18-9-7-8-17-16(12-18)10-13(2)3/h13-17H,6-12H2,1-5H3. The number of hydrogen-bond acceptors (Lipinski definition) is 2. The molecule has 0 aliphatic carbocycles. The second-order valence-corrected chi connectivity index (χ2v) is 6.73. The minimum absolute atomic E-state index is 0.701. The van der Waals surface area contributed by atoms with Crippen molar-refractivity contribution >= 4 is 0 Å². The molecule has 1 heterocycles. The van der Waals surface area contributed by atoms with Gasteiger partial charge in [0.2, 0.25) is 0 Å². The van der Waals surface area contributed by atoms with Crippen LogP contribution in [0.4, 0.5) is 0 Å². The third kappa shape index (κ3) is 5.71. The molecule has 0 aromatic heterocycles. The van der Waals surface area contributed by atoms with Crippen molar-refractivity contribution in [2.45, 2.75) is 72.4 Å². The minimum atomic E-state index is 0.701. The number of hydrogen-bond donors (Lipinski definition) is 1. The van der Waals surface area contributed by atoms with Crippen LogP contribution in [-0.4, -0.2) is 36.6 Å². The topological polar surface area (TPSA) is 15.3 Å². The first kappa shape index (κ1) is 16.0. The van der Waals surface area contributed by atoms with E-state index in [9.17, 15) is 0 Å². The van der Waals surface area contributed by atoms with Crippen LogP contribution < -0.4 is 5.32 Å². The van der Waals surface area contributed by atoms with Gasteiger partial charge in [0.25, 0.3) is 0 Å². The van der Waals surface area contributed by atoms with E-state index in [1.807, 2.05) is 0 Å². The van der Waals surface area contributed by atoms with Crippen LogP contribution in [0.5, 0.6) is 0 Å². The van der Waals surface area contributed by atoms with Crippen molar-refractivity contribution in [3.63, 3.8) is 0 Å². The lowest BCUT2D eigenvalue weighted by atomic mass is 9.98. The molecule has 2 nitrogen and oxygen atoms in total. The van der Waals surface area contributed by atoms with Crippen molar-refractivity contribution in [1.82, 2.24) is 10.2 Å². The first-order chi connectivity index (χ1) is 8.52. The zero-order valence-corrected chi connectivity index (χ0v) is 13.2. The molecule has 1 aliphatic rings. The van der Waals surface area contributed by atoms with Crippen LogP contribution in [0.3, 0.4) is 0 Å². The molecular weight excluding hydrogens is 220 g/mol. The van der Waals surface area contributed by atoms with Gasteiger partial charge < -0.3 is 5.32 Å². The number of nitrogens with zero attached hydrogens (tertiary/aromatic N) is 1. The molecule has 0 bridgehead atoms. The van der Waals surface area contributed by atoms with E-state index in [-0.39, 0.29) is 0 Å². The summed E-state index contributed by atoms with van der Waals surface area (Å²) in [7, 11) is 0. The maximum atomic E-state index is 3.72. The van der Waals surface area contributed by atoms with Crippen molar-refractivity contribution in [1.29, 1.82) is 0 Å². The Hall–Kier alpha value is -0.0800. The van der Waals surface area contributed by atoms with Crippen LogP contribution in [0.2, 0.25) is 0 Å². The third-order valence-corrected chi connectivity index (χ3v) is 4.33. The van der Waals surface area contributed by atoms with Crippen molar-refractivity contribution in [3.05, 3.63) is 0 Å². The Bertz CT molecular complexity index is 215. The van der Waals surface area contributed by atoms with Crippen LogP contribution in [0.1, 0.15) is 60.3 Å². The highest BCUT2D eigenvalue weighted by atomic mass is 15.2. The maximum absolute atomic E-state index is 3.72. The van der Waals surface area contributed by atoms with E-state index in [1.165, 1.54) is 45.3 Å². The molecule has 3 atom stereocenters. The Labute approximate surface area is 115 Å². The van der Waals surface area contributed by atoms with Crippen LogP contribution in [0.15, 0.2) is 0 Å². The molecule has 1 N–H and O–H groups in total. The van der Waals surface area contributed by atoms with Crippen molar-refractivity contribution < 1.29 is 0 Å². The number of rotatable bonds is 6. The lowest BCUT2D eigenvalue weighted by molar-refractivity contribution is 0.174. The van der Waals surface area contributed by atoms with E-state index in [0.717, 1.165) is 17.9 Å². The molecule has 108 valence electrons. The summed E-state index contributed by atoms with van der Waals surface area (Å²) in [6.07, 6.45) is 5.28. The summed E-state index contributed by atoms with van der Waals surface area (Å²) in [5.74, 6) is 1.66. The SMILES string of the molecule is CCC(C)CC(C)N1CCCNC(CC(C)C)C1. The maximum Gasteiger partial charge on any atom is 0.0197 e. The molecule has 0 aromatic rings. The van der Waals surface area contributed by atoms with E-state index < -0.39 is 0 Å². The molecule has 0 aromatic carbocycles. The van der Waals surface area contributed by atoms with E-state index in [1.54, 1.807) is 0 Å². The Morgan fingerprint density at radius 3 is 2.56 bits per heavy atom. The van der Waals surface area contributed by atoms with E-state index in [0.29, 0.717) is 6.04 Å². The zero-order valence-electron chi connectivity index (χ0n) is 13.2. The molecule has 0 amide bonds. The van der Waals surface area contributed by atoms with Crippen LogP contribution in [0.25, 0.3) is 0 Å². The minimum Gasteiger partial charge on any atom is -0.313 e. The third-order valence-electron chi connectivity index (χ3n) is 4.33. The second kappa shape index (κ2) is 8.16. The van der Waals surface area contributed by atoms with Crippen LogP contribution in [-0.2, 0) is 0 Å². The summed E-state index contributed by atoms with van der Waals surface area (Å²) in [5, 5.41) is 3.72. The average molecular weight is 254 g/mol. The Morgan fingerprint density at radius 2 is 1.94 bits per heavy atom. The van der Waals surface area contributed by atoms with Gasteiger partial charge in [0, 0.05) is 18.6 Å². The van der Waals surface area contributed by atoms with Gasteiger partial charge in [0.1, 0.15) is 0 Å². The largest absolute Gasteiger partial charge is 0.313 e. The summed E-state index contributed by atoms with van der Waals surface area (Å²) in [5.41, 5.74) is 0. The molecule has 1 fully saturated rings. The van der Waals surface area contributed by atoms with Gasteiger partial charge in [-0.05, 0) is 51.1 Å². The fraction of sp³-hybridized carbons (Fsp3) is 1.00. The lowest BCUT2D eigenvalue weighted by Gasteiger charge is -2.32.